The zero-order chi connectivity index (χ0) is 11.7. The smallest absolute Gasteiger partial charge is 0.296 e. The molecule has 1 aliphatic rings. The van der Waals surface area contributed by atoms with Gasteiger partial charge in [-0.3, -0.25) is 14.4 Å². The zero-order valence-electron chi connectivity index (χ0n) is 8.19. The maximum Gasteiger partial charge on any atom is 0.296 e. The van der Waals surface area contributed by atoms with Crippen LogP contribution in [-0.4, -0.2) is 17.6 Å². The predicted molar refractivity (Wildman–Crippen MR) is 57.6 cm³/mol. The van der Waals surface area contributed by atoms with Gasteiger partial charge in [0.25, 0.3) is 11.7 Å². The Bertz CT molecular complexity index is 532. The van der Waals surface area contributed by atoms with Crippen molar-refractivity contribution in [3.63, 3.8) is 0 Å². The SMILES string of the molecule is NC(=O)C=Cc1ccc2c(c1)NC(=O)C2=O. The van der Waals surface area contributed by atoms with Crippen molar-refractivity contribution in [3.05, 3.63) is 35.4 Å². The van der Waals surface area contributed by atoms with Gasteiger partial charge in [0.1, 0.15) is 0 Å². The average Bonchev–Trinajstić information content (AvgIpc) is 2.52. The maximum absolute atomic E-state index is 11.3. The van der Waals surface area contributed by atoms with E-state index in [1.165, 1.54) is 18.2 Å². The second-order valence-electron chi connectivity index (χ2n) is 3.32. The summed E-state index contributed by atoms with van der Waals surface area (Å²) in [5.74, 6) is -1.73. The first-order valence-corrected chi connectivity index (χ1v) is 4.55. The molecule has 0 spiro atoms. The average molecular weight is 216 g/mol. The Morgan fingerprint density at radius 3 is 2.75 bits per heavy atom. The molecule has 1 heterocycles. The fourth-order valence-corrected chi connectivity index (χ4v) is 1.45. The van der Waals surface area contributed by atoms with E-state index in [1.807, 2.05) is 0 Å². The first kappa shape index (κ1) is 10.1. The number of nitrogens with one attached hydrogen (secondary N) is 1. The number of hydrogen-bond acceptors (Lipinski definition) is 3. The predicted octanol–water partition coefficient (Wildman–Crippen LogP) is 0.320. The van der Waals surface area contributed by atoms with Crippen LogP contribution in [0.1, 0.15) is 15.9 Å². The lowest BCUT2D eigenvalue weighted by molar-refractivity contribution is -0.113. The summed E-state index contributed by atoms with van der Waals surface area (Å²) < 4.78 is 0. The van der Waals surface area contributed by atoms with Gasteiger partial charge in [0, 0.05) is 6.08 Å². The summed E-state index contributed by atoms with van der Waals surface area (Å²) in [6, 6.07) is 4.78. The van der Waals surface area contributed by atoms with Gasteiger partial charge in [-0.15, -0.1) is 0 Å². The third-order valence-corrected chi connectivity index (χ3v) is 2.18. The Kier molecular flexibility index (Phi) is 2.28. The normalized spacial score (nSPS) is 14.0. The van der Waals surface area contributed by atoms with Crippen molar-refractivity contribution in [1.82, 2.24) is 0 Å². The van der Waals surface area contributed by atoms with E-state index in [1.54, 1.807) is 12.1 Å². The number of Topliss-reactive ketones (excluding diaryl/α,β-unsaturated/α-hetero) is 1. The highest BCUT2D eigenvalue weighted by Gasteiger charge is 2.27. The van der Waals surface area contributed by atoms with Crippen molar-refractivity contribution < 1.29 is 14.4 Å². The van der Waals surface area contributed by atoms with E-state index in [0.29, 0.717) is 16.8 Å². The molecule has 1 aliphatic heterocycles. The Labute approximate surface area is 90.9 Å². The van der Waals surface area contributed by atoms with E-state index in [9.17, 15) is 14.4 Å². The quantitative estimate of drug-likeness (QED) is 0.551. The molecule has 0 radical (unpaired) electrons. The molecule has 16 heavy (non-hydrogen) atoms. The lowest BCUT2D eigenvalue weighted by Crippen LogP contribution is -2.12. The van der Waals surface area contributed by atoms with Crippen molar-refractivity contribution in [2.24, 2.45) is 5.73 Å². The van der Waals surface area contributed by atoms with Gasteiger partial charge in [0.05, 0.1) is 11.3 Å². The van der Waals surface area contributed by atoms with Crippen LogP contribution in [0.15, 0.2) is 24.3 Å². The van der Waals surface area contributed by atoms with Crippen LogP contribution in [0.5, 0.6) is 0 Å². The van der Waals surface area contributed by atoms with Crippen LogP contribution in [0.4, 0.5) is 5.69 Å². The Balaban J connectivity index is 2.36. The summed E-state index contributed by atoms with van der Waals surface area (Å²) in [7, 11) is 0. The number of carbonyl (C=O) groups excluding carboxylic acids is 3. The van der Waals surface area contributed by atoms with Crippen LogP contribution in [0, 0.1) is 0 Å². The molecule has 0 atom stereocenters. The molecule has 0 aliphatic carbocycles. The van der Waals surface area contributed by atoms with Gasteiger partial charge in [0.15, 0.2) is 0 Å². The molecule has 5 nitrogen and oxygen atoms in total. The minimum Gasteiger partial charge on any atom is -0.366 e. The number of fused-ring (bicyclic) bond motifs is 1. The Hall–Kier alpha value is -2.43. The lowest BCUT2D eigenvalue weighted by Gasteiger charge is -1.98. The molecule has 0 unspecified atom stereocenters. The minimum atomic E-state index is -0.633. The molecule has 0 fully saturated rings. The molecular formula is C11H8N2O3. The molecule has 0 bridgehead atoms. The summed E-state index contributed by atoms with van der Waals surface area (Å²) >= 11 is 0. The molecule has 1 aromatic rings. The van der Waals surface area contributed by atoms with Crippen molar-refractivity contribution in [1.29, 1.82) is 0 Å². The van der Waals surface area contributed by atoms with Gasteiger partial charge in [-0.05, 0) is 23.8 Å². The topological polar surface area (TPSA) is 89.3 Å². The number of carbonyl (C=O) groups is 3. The van der Waals surface area contributed by atoms with Crippen LogP contribution < -0.4 is 11.1 Å². The summed E-state index contributed by atoms with van der Waals surface area (Å²) in [6.45, 7) is 0. The van der Waals surface area contributed by atoms with Gasteiger partial charge in [-0.1, -0.05) is 6.07 Å². The van der Waals surface area contributed by atoms with Crippen LogP contribution in [-0.2, 0) is 9.59 Å². The number of anilines is 1. The number of nitrogens with two attached hydrogens (primary N) is 1. The maximum atomic E-state index is 11.3. The molecule has 1 aromatic carbocycles. The first-order chi connectivity index (χ1) is 7.58. The van der Waals surface area contributed by atoms with Gasteiger partial charge in [-0.25, -0.2) is 0 Å². The van der Waals surface area contributed by atoms with Crippen molar-refractivity contribution >= 4 is 29.4 Å². The van der Waals surface area contributed by atoms with E-state index in [2.05, 4.69) is 5.32 Å². The van der Waals surface area contributed by atoms with Crippen LogP contribution in [0.25, 0.3) is 6.08 Å². The minimum absolute atomic E-state index is 0.348. The standard InChI is InChI=1S/C11H8N2O3/c12-9(14)4-2-6-1-3-7-8(5-6)13-11(16)10(7)15/h1-5H,(H2,12,14)(H,13,15,16). The number of ketones is 1. The molecular weight excluding hydrogens is 208 g/mol. The van der Waals surface area contributed by atoms with Crippen molar-refractivity contribution in [2.45, 2.75) is 0 Å². The van der Waals surface area contributed by atoms with Crippen LogP contribution >= 0.6 is 0 Å². The molecule has 5 heteroatoms. The lowest BCUT2D eigenvalue weighted by atomic mass is 10.1. The second-order valence-corrected chi connectivity index (χ2v) is 3.32. The Morgan fingerprint density at radius 2 is 2.06 bits per heavy atom. The number of benzene rings is 1. The third-order valence-electron chi connectivity index (χ3n) is 2.18. The van der Waals surface area contributed by atoms with Crippen molar-refractivity contribution in [2.75, 3.05) is 5.32 Å². The molecule has 2 amide bonds. The largest absolute Gasteiger partial charge is 0.366 e. The number of amides is 2. The van der Waals surface area contributed by atoms with Crippen LogP contribution in [0.2, 0.25) is 0 Å². The highest BCUT2D eigenvalue weighted by molar-refractivity contribution is 6.51. The zero-order valence-corrected chi connectivity index (χ0v) is 8.19. The molecule has 0 saturated heterocycles. The number of hydrogen-bond donors (Lipinski definition) is 2. The molecule has 2 rings (SSSR count). The fraction of sp³-hybridized carbons (Fsp3) is 0. The molecule has 80 valence electrons. The summed E-state index contributed by atoms with van der Waals surface area (Å²) in [6.07, 6.45) is 2.72. The first-order valence-electron chi connectivity index (χ1n) is 4.55. The monoisotopic (exact) mass is 216 g/mol. The van der Waals surface area contributed by atoms with Gasteiger partial charge < -0.3 is 11.1 Å². The number of rotatable bonds is 2. The van der Waals surface area contributed by atoms with Crippen LogP contribution in [0.3, 0.4) is 0 Å². The van der Waals surface area contributed by atoms with E-state index in [-0.39, 0.29) is 0 Å². The second kappa shape index (κ2) is 3.62. The molecule has 0 saturated carbocycles. The summed E-state index contributed by atoms with van der Waals surface area (Å²) in [4.78, 5) is 32.8. The summed E-state index contributed by atoms with van der Waals surface area (Å²) in [5, 5.41) is 2.44. The van der Waals surface area contributed by atoms with Gasteiger partial charge >= 0.3 is 0 Å². The highest BCUT2D eigenvalue weighted by atomic mass is 16.2. The van der Waals surface area contributed by atoms with E-state index in [0.717, 1.165) is 0 Å². The van der Waals surface area contributed by atoms with E-state index >= 15 is 0 Å². The van der Waals surface area contributed by atoms with Gasteiger partial charge in [0.2, 0.25) is 5.91 Å². The number of primary amides is 1. The van der Waals surface area contributed by atoms with Crippen molar-refractivity contribution in [3.8, 4) is 0 Å². The van der Waals surface area contributed by atoms with Gasteiger partial charge in [-0.2, -0.15) is 0 Å². The molecule has 3 N–H and O–H groups in total. The summed E-state index contributed by atoms with van der Waals surface area (Å²) in [5.41, 5.74) is 6.44. The Morgan fingerprint density at radius 1 is 1.31 bits per heavy atom. The van der Waals surface area contributed by atoms with E-state index in [4.69, 9.17) is 5.73 Å². The third kappa shape index (κ3) is 1.70. The highest BCUT2D eigenvalue weighted by Crippen LogP contribution is 2.24. The fourth-order valence-electron chi connectivity index (χ4n) is 1.45. The van der Waals surface area contributed by atoms with E-state index < -0.39 is 17.6 Å². The molecule has 0 aromatic heterocycles.